The van der Waals surface area contributed by atoms with Crippen molar-refractivity contribution in [2.24, 2.45) is 0 Å². The lowest BCUT2D eigenvalue weighted by Crippen LogP contribution is -2.65. The van der Waals surface area contributed by atoms with Gasteiger partial charge in [0.2, 0.25) is 5.91 Å². The Hall–Kier alpha value is -1.87. The maximum absolute atomic E-state index is 11.4. The van der Waals surface area contributed by atoms with Crippen LogP contribution in [-0.2, 0) is 9.53 Å². The summed E-state index contributed by atoms with van der Waals surface area (Å²) in [4.78, 5) is 11.4. The van der Waals surface area contributed by atoms with Crippen molar-refractivity contribution in [1.82, 2.24) is 5.32 Å². The van der Waals surface area contributed by atoms with E-state index in [2.05, 4.69) is 10.6 Å². The topological polar surface area (TPSA) is 120 Å². The van der Waals surface area contributed by atoms with Crippen LogP contribution in [0.3, 0.4) is 0 Å². The highest BCUT2D eigenvalue weighted by molar-refractivity contribution is 5.73. The monoisotopic (exact) mass is 340 g/mol. The van der Waals surface area contributed by atoms with E-state index in [0.29, 0.717) is 12.3 Å². The molecule has 1 heterocycles. The molecule has 0 unspecified atom stereocenters. The number of aliphatic hydroxyl groups excluding tert-OH is 3. The molecule has 1 aliphatic heterocycles. The third kappa shape index (κ3) is 4.35. The van der Waals surface area contributed by atoms with E-state index in [1.54, 1.807) is 24.3 Å². The van der Waals surface area contributed by atoms with Gasteiger partial charge in [0.25, 0.3) is 0 Å². The van der Waals surface area contributed by atoms with Crippen LogP contribution in [0.5, 0.6) is 5.75 Å². The van der Waals surface area contributed by atoms with Gasteiger partial charge < -0.3 is 35.4 Å². The Bertz CT molecular complexity index is 538. The maximum Gasteiger partial charge on any atom is 0.217 e. The molecule has 134 valence electrons. The van der Waals surface area contributed by atoms with Gasteiger partial charge in [0.1, 0.15) is 30.1 Å². The molecule has 8 heteroatoms. The fourth-order valence-corrected chi connectivity index (χ4v) is 2.61. The summed E-state index contributed by atoms with van der Waals surface area (Å²) in [6, 6.07) is 6.22. The number of hydrogen-bond acceptors (Lipinski definition) is 7. The number of hydrogen-bond donors (Lipinski definition) is 5. The Balaban J connectivity index is 2.14. The summed E-state index contributed by atoms with van der Waals surface area (Å²) in [5, 5.41) is 35.1. The fourth-order valence-electron chi connectivity index (χ4n) is 2.61. The van der Waals surface area contributed by atoms with Gasteiger partial charge in [-0.05, 0) is 31.2 Å². The molecule has 0 aliphatic carbocycles. The Morgan fingerprint density at radius 1 is 1.25 bits per heavy atom. The predicted octanol–water partition coefficient (Wildman–Crippen LogP) is -0.559. The molecule has 2 rings (SSSR count). The number of amides is 1. The van der Waals surface area contributed by atoms with E-state index in [1.807, 2.05) is 6.92 Å². The predicted molar refractivity (Wildman–Crippen MR) is 86.6 cm³/mol. The Kier molecular flexibility index (Phi) is 6.38. The average molecular weight is 340 g/mol. The SMILES string of the molecule is CCOc1ccc(N[C@H]2O[C@@H](CO)[C@@H](O)[C@@H](O)[C@H]2NC(C)=O)cc1. The molecular formula is C16H24N2O6. The van der Waals surface area contributed by atoms with Crippen molar-refractivity contribution in [3.63, 3.8) is 0 Å². The number of aliphatic hydroxyl groups is 3. The molecule has 0 saturated carbocycles. The number of ether oxygens (including phenoxy) is 2. The van der Waals surface area contributed by atoms with Crippen molar-refractivity contribution < 1.29 is 29.6 Å². The van der Waals surface area contributed by atoms with E-state index in [0.717, 1.165) is 5.75 Å². The number of carbonyl (C=O) groups is 1. The van der Waals surface area contributed by atoms with Gasteiger partial charge in [-0.2, -0.15) is 0 Å². The van der Waals surface area contributed by atoms with Crippen molar-refractivity contribution in [3.05, 3.63) is 24.3 Å². The summed E-state index contributed by atoms with van der Waals surface area (Å²) in [6.07, 6.45) is -4.35. The smallest absolute Gasteiger partial charge is 0.217 e. The van der Waals surface area contributed by atoms with Crippen LogP contribution in [0.25, 0.3) is 0 Å². The second-order valence-corrected chi connectivity index (χ2v) is 5.59. The molecule has 5 N–H and O–H groups in total. The van der Waals surface area contributed by atoms with E-state index in [1.165, 1.54) is 6.92 Å². The molecule has 5 atom stereocenters. The molecule has 0 radical (unpaired) electrons. The van der Waals surface area contributed by atoms with E-state index in [9.17, 15) is 20.1 Å². The zero-order valence-corrected chi connectivity index (χ0v) is 13.7. The molecule has 1 saturated heterocycles. The first kappa shape index (κ1) is 18.5. The minimum Gasteiger partial charge on any atom is -0.494 e. The standard InChI is InChI=1S/C16H24N2O6/c1-3-23-11-6-4-10(5-7-11)18-16-13(17-9(2)20)15(22)14(21)12(8-19)24-16/h4-7,12-16,18-19,21-22H,3,8H2,1-2H3,(H,17,20)/t12-,13+,14+,15-,16-/m0/s1. The van der Waals surface area contributed by atoms with Crippen LogP contribution in [0.4, 0.5) is 5.69 Å². The summed E-state index contributed by atoms with van der Waals surface area (Å²) in [5.74, 6) is 0.352. The lowest BCUT2D eigenvalue weighted by molar-refractivity contribution is -0.188. The lowest BCUT2D eigenvalue weighted by atomic mass is 9.95. The van der Waals surface area contributed by atoms with Crippen molar-refractivity contribution in [2.45, 2.75) is 44.4 Å². The second-order valence-electron chi connectivity index (χ2n) is 5.59. The van der Waals surface area contributed by atoms with Gasteiger partial charge in [-0.15, -0.1) is 0 Å². The first-order valence-corrected chi connectivity index (χ1v) is 7.85. The Labute approximate surface area is 140 Å². The van der Waals surface area contributed by atoms with Crippen molar-refractivity contribution in [2.75, 3.05) is 18.5 Å². The van der Waals surface area contributed by atoms with Crippen LogP contribution in [-0.4, -0.2) is 65.0 Å². The van der Waals surface area contributed by atoms with Gasteiger partial charge in [0, 0.05) is 12.6 Å². The largest absolute Gasteiger partial charge is 0.494 e. The zero-order valence-electron chi connectivity index (χ0n) is 13.7. The van der Waals surface area contributed by atoms with Crippen LogP contribution in [0, 0.1) is 0 Å². The minimum absolute atomic E-state index is 0.365. The van der Waals surface area contributed by atoms with Crippen LogP contribution in [0.2, 0.25) is 0 Å². The Morgan fingerprint density at radius 3 is 2.46 bits per heavy atom. The Morgan fingerprint density at radius 2 is 1.92 bits per heavy atom. The first-order chi connectivity index (χ1) is 11.5. The molecular weight excluding hydrogens is 316 g/mol. The summed E-state index contributed by atoms with van der Waals surface area (Å²) >= 11 is 0. The molecule has 0 aromatic heterocycles. The zero-order chi connectivity index (χ0) is 17.7. The molecule has 24 heavy (non-hydrogen) atoms. The quantitative estimate of drug-likeness (QED) is 0.471. The van der Waals surface area contributed by atoms with Crippen molar-refractivity contribution in [1.29, 1.82) is 0 Å². The van der Waals surface area contributed by atoms with Crippen LogP contribution >= 0.6 is 0 Å². The molecule has 0 bridgehead atoms. The fraction of sp³-hybridized carbons (Fsp3) is 0.562. The lowest BCUT2D eigenvalue weighted by Gasteiger charge is -2.43. The normalized spacial score (nSPS) is 29.8. The minimum atomic E-state index is -1.30. The van der Waals surface area contributed by atoms with Gasteiger partial charge in [-0.3, -0.25) is 4.79 Å². The summed E-state index contributed by atoms with van der Waals surface area (Å²) in [5.41, 5.74) is 0.680. The summed E-state index contributed by atoms with van der Waals surface area (Å²) < 4.78 is 11.0. The highest BCUT2D eigenvalue weighted by Crippen LogP contribution is 2.24. The van der Waals surface area contributed by atoms with Gasteiger partial charge in [0.15, 0.2) is 6.23 Å². The van der Waals surface area contributed by atoms with Gasteiger partial charge in [-0.25, -0.2) is 0 Å². The second kappa shape index (κ2) is 8.29. The number of anilines is 1. The van der Waals surface area contributed by atoms with Gasteiger partial charge >= 0.3 is 0 Å². The third-order valence-electron chi connectivity index (χ3n) is 3.77. The van der Waals surface area contributed by atoms with Gasteiger partial charge in [-0.1, -0.05) is 0 Å². The summed E-state index contributed by atoms with van der Waals surface area (Å²) in [6.45, 7) is 3.31. The van der Waals surface area contributed by atoms with Gasteiger partial charge in [0.05, 0.1) is 13.2 Å². The summed E-state index contributed by atoms with van der Waals surface area (Å²) in [7, 11) is 0. The van der Waals surface area contributed by atoms with Crippen molar-refractivity contribution in [3.8, 4) is 5.75 Å². The molecule has 0 spiro atoms. The molecule has 1 aromatic carbocycles. The number of benzene rings is 1. The average Bonchev–Trinajstić information content (AvgIpc) is 2.56. The molecule has 1 aliphatic rings. The molecule has 1 aromatic rings. The highest BCUT2D eigenvalue weighted by atomic mass is 16.5. The third-order valence-corrected chi connectivity index (χ3v) is 3.77. The van der Waals surface area contributed by atoms with E-state index >= 15 is 0 Å². The molecule has 1 amide bonds. The molecule has 1 fully saturated rings. The van der Waals surface area contributed by atoms with Crippen LogP contribution in [0.1, 0.15) is 13.8 Å². The highest BCUT2D eigenvalue weighted by Gasteiger charge is 2.44. The van der Waals surface area contributed by atoms with E-state index < -0.39 is 37.2 Å². The van der Waals surface area contributed by atoms with E-state index in [-0.39, 0.29) is 5.91 Å². The first-order valence-electron chi connectivity index (χ1n) is 7.85. The molecule has 8 nitrogen and oxygen atoms in total. The van der Waals surface area contributed by atoms with Crippen LogP contribution < -0.4 is 15.4 Å². The van der Waals surface area contributed by atoms with E-state index in [4.69, 9.17) is 9.47 Å². The number of nitrogens with one attached hydrogen (secondary N) is 2. The maximum atomic E-state index is 11.4. The van der Waals surface area contributed by atoms with Crippen LogP contribution in [0.15, 0.2) is 24.3 Å². The number of carbonyl (C=O) groups excluding carboxylic acids is 1. The van der Waals surface area contributed by atoms with Crippen molar-refractivity contribution >= 4 is 11.6 Å². The number of rotatable bonds is 6.